The lowest BCUT2D eigenvalue weighted by Gasteiger charge is -2.23. The standard InChI is InChI=1S/C26H38N7O5P/c1-3-4-5-9-15-37-25(34)19(2)32-39(35,38-21-10-7-6-8-11-21)18-36-16-14-33-17-28-22-23(29-20-12-13-20)30-26(27)31-24(22)33/h6-8,10-11,17,19-20H,3-5,9,12-16,18H2,1-2H3,(H,32,35)(H3,27,29,30,31)/t19-,39?/m0/s1. The van der Waals surface area contributed by atoms with Gasteiger partial charge in [0.2, 0.25) is 5.95 Å². The van der Waals surface area contributed by atoms with Gasteiger partial charge < -0.3 is 29.6 Å². The topological polar surface area (TPSA) is 156 Å². The van der Waals surface area contributed by atoms with Gasteiger partial charge in [-0.2, -0.15) is 9.97 Å². The minimum Gasteiger partial charge on any atom is -0.465 e. The molecule has 0 radical (unpaired) electrons. The minimum absolute atomic E-state index is 0.157. The second kappa shape index (κ2) is 13.7. The Morgan fingerprint density at radius 2 is 1.97 bits per heavy atom. The number of para-hydroxylation sites is 1. The average Bonchev–Trinajstić information content (AvgIpc) is 3.64. The maximum atomic E-state index is 13.8. The van der Waals surface area contributed by atoms with Gasteiger partial charge in [-0.3, -0.25) is 9.36 Å². The number of fused-ring (bicyclic) bond motifs is 1. The summed E-state index contributed by atoms with van der Waals surface area (Å²) in [6.45, 7) is 4.63. The first kappa shape index (κ1) is 28.8. The Morgan fingerprint density at radius 1 is 1.18 bits per heavy atom. The number of carbonyl (C=O) groups excluding carboxylic acids is 1. The molecular formula is C26H38N7O5P. The quantitative estimate of drug-likeness (QED) is 0.123. The summed E-state index contributed by atoms with van der Waals surface area (Å²) in [5.74, 6) is 0.696. The highest BCUT2D eigenvalue weighted by Crippen LogP contribution is 2.43. The molecule has 4 N–H and O–H groups in total. The third-order valence-electron chi connectivity index (χ3n) is 6.12. The predicted octanol–water partition coefficient (Wildman–Crippen LogP) is 4.33. The SMILES string of the molecule is CCCCCCOC(=O)[C@H](C)NP(=O)(COCCn1cnc2c(NC3CC3)nc(N)nc21)Oc1ccccc1. The largest absolute Gasteiger partial charge is 0.465 e. The second-order valence-electron chi connectivity index (χ2n) is 9.65. The number of aromatic nitrogens is 4. The lowest BCUT2D eigenvalue weighted by molar-refractivity contribution is -0.145. The zero-order chi connectivity index (χ0) is 27.7. The van der Waals surface area contributed by atoms with Crippen LogP contribution >= 0.6 is 7.52 Å². The van der Waals surface area contributed by atoms with Gasteiger partial charge in [0.15, 0.2) is 17.0 Å². The molecule has 0 saturated heterocycles. The Balaban J connectivity index is 1.35. The van der Waals surface area contributed by atoms with E-state index in [0.29, 0.717) is 41.9 Å². The molecule has 13 heteroatoms. The number of rotatable bonds is 17. The fraction of sp³-hybridized carbons (Fsp3) is 0.538. The molecule has 0 amide bonds. The van der Waals surface area contributed by atoms with E-state index in [-0.39, 0.29) is 18.9 Å². The maximum Gasteiger partial charge on any atom is 0.342 e. The number of nitrogens with one attached hydrogen (secondary N) is 2. The lowest BCUT2D eigenvalue weighted by atomic mass is 10.2. The molecule has 0 aliphatic heterocycles. The summed E-state index contributed by atoms with van der Waals surface area (Å²) in [5, 5.41) is 6.16. The van der Waals surface area contributed by atoms with E-state index in [1.807, 2.05) is 6.07 Å². The molecule has 0 spiro atoms. The molecule has 39 heavy (non-hydrogen) atoms. The maximum absolute atomic E-state index is 13.8. The van der Waals surface area contributed by atoms with Crippen molar-refractivity contribution in [3.05, 3.63) is 36.7 Å². The third kappa shape index (κ3) is 8.64. The van der Waals surface area contributed by atoms with Crippen molar-refractivity contribution in [2.24, 2.45) is 0 Å². The number of hydrogen-bond acceptors (Lipinski definition) is 10. The zero-order valence-electron chi connectivity index (χ0n) is 22.5. The number of esters is 1. The third-order valence-corrected chi connectivity index (χ3v) is 7.93. The van der Waals surface area contributed by atoms with Crippen LogP contribution in [0.1, 0.15) is 52.4 Å². The number of carbonyl (C=O) groups is 1. The van der Waals surface area contributed by atoms with Gasteiger partial charge in [-0.25, -0.2) is 10.1 Å². The minimum atomic E-state index is -3.63. The van der Waals surface area contributed by atoms with Crippen molar-refractivity contribution in [2.45, 2.75) is 71.0 Å². The Hall–Kier alpha value is -3.21. The lowest BCUT2D eigenvalue weighted by Crippen LogP contribution is -2.35. The molecule has 3 aromatic rings. The van der Waals surface area contributed by atoms with E-state index < -0.39 is 19.5 Å². The molecule has 1 aliphatic rings. The first-order chi connectivity index (χ1) is 18.9. The summed E-state index contributed by atoms with van der Waals surface area (Å²) in [4.78, 5) is 25.6. The Kier molecular flexibility index (Phi) is 10.1. The summed E-state index contributed by atoms with van der Waals surface area (Å²) < 4.78 is 32.5. The molecule has 4 rings (SSSR count). The van der Waals surface area contributed by atoms with Gasteiger partial charge in [-0.05, 0) is 38.3 Å². The van der Waals surface area contributed by atoms with Gasteiger partial charge in [-0.1, -0.05) is 44.4 Å². The van der Waals surface area contributed by atoms with Crippen LogP contribution < -0.4 is 20.7 Å². The number of hydrogen-bond donors (Lipinski definition) is 3. The monoisotopic (exact) mass is 559 g/mol. The zero-order valence-corrected chi connectivity index (χ0v) is 23.4. The summed E-state index contributed by atoms with van der Waals surface area (Å²) in [6.07, 6.45) is 7.57. The van der Waals surface area contributed by atoms with Crippen molar-refractivity contribution < 1.29 is 23.4 Å². The molecular weight excluding hydrogens is 521 g/mol. The van der Waals surface area contributed by atoms with E-state index in [1.165, 1.54) is 0 Å². The molecule has 2 aromatic heterocycles. The van der Waals surface area contributed by atoms with Gasteiger partial charge in [-0.15, -0.1) is 0 Å². The molecule has 12 nitrogen and oxygen atoms in total. The van der Waals surface area contributed by atoms with Crippen LogP contribution in [0, 0.1) is 0 Å². The fourth-order valence-corrected chi connectivity index (χ4v) is 5.62. The van der Waals surface area contributed by atoms with Gasteiger partial charge in [0, 0.05) is 12.6 Å². The van der Waals surface area contributed by atoms with Gasteiger partial charge in [0.05, 0.1) is 19.5 Å². The number of nitrogens with zero attached hydrogens (tertiary/aromatic N) is 4. The van der Waals surface area contributed by atoms with Gasteiger partial charge in [0.1, 0.15) is 18.1 Å². The molecule has 2 atom stereocenters. The van der Waals surface area contributed by atoms with Crippen LogP contribution in [0.3, 0.4) is 0 Å². The number of nitrogens with two attached hydrogens (primary N) is 1. The molecule has 212 valence electrons. The fourth-order valence-electron chi connectivity index (χ4n) is 3.91. The molecule has 1 saturated carbocycles. The molecule has 1 unspecified atom stereocenters. The Morgan fingerprint density at radius 3 is 2.72 bits per heavy atom. The Labute approximate surface area is 228 Å². The number of nitrogen functional groups attached to an aromatic ring is 1. The van der Waals surface area contributed by atoms with Crippen LogP contribution in [-0.4, -0.2) is 57.1 Å². The summed E-state index contributed by atoms with van der Waals surface area (Å²) >= 11 is 0. The van der Waals surface area contributed by atoms with Crippen molar-refractivity contribution in [3.8, 4) is 5.75 Å². The normalized spacial score (nSPS) is 15.5. The highest BCUT2D eigenvalue weighted by Gasteiger charge is 2.31. The van der Waals surface area contributed by atoms with Crippen LogP contribution in [0.25, 0.3) is 11.2 Å². The smallest absolute Gasteiger partial charge is 0.342 e. The number of benzene rings is 1. The van der Waals surface area contributed by atoms with Gasteiger partial charge >= 0.3 is 13.5 Å². The van der Waals surface area contributed by atoms with Crippen LogP contribution in [0.4, 0.5) is 11.8 Å². The van der Waals surface area contributed by atoms with Gasteiger partial charge in [0.25, 0.3) is 0 Å². The number of ether oxygens (including phenoxy) is 2. The van der Waals surface area contributed by atoms with Crippen molar-refractivity contribution in [2.75, 3.05) is 30.6 Å². The molecule has 1 aliphatic carbocycles. The van der Waals surface area contributed by atoms with E-state index >= 15 is 0 Å². The van der Waals surface area contributed by atoms with Crippen molar-refractivity contribution in [1.29, 1.82) is 0 Å². The second-order valence-corrected chi connectivity index (χ2v) is 11.7. The van der Waals surface area contributed by atoms with E-state index in [0.717, 1.165) is 38.5 Å². The highest BCUT2D eigenvalue weighted by atomic mass is 31.2. The van der Waals surface area contributed by atoms with Crippen molar-refractivity contribution in [1.82, 2.24) is 24.6 Å². The Bertz CT molecular complexity index is 1270. The van der Waals surface area contributed by atoms with E-state index in [2.05, 4.69) is 32.3 Å². The predicted molar refractivity (Wildman–Crippen MR) is 150 cm³/mol. The highest BCUT2D eigenvalue weighted by molar-refractivity contribution is 7.57. The number of anilines is 2. The molecule has 0 bridgehead atoms. The summed E-state index contributed by atoms with van der Waals surface area (Å²) in [5.41, 5.74) is 7.15. The average molecular weight is 560 g/mol. The molecule has 1 fully saturated rings. The van der Waals surface area contributed by atoms with E-state index in [9.17, 15) is 9.36 Å². The first-order valence-corrected chi connectivity index (χ1v) is 15.3. The van der Waals surface area contributed by atoms with Crippen LogP contribution in [0.5, 0.6) is 5.75 Å². The van der Waals surface area contributed by atoms with Crippen LogP contribution in [0.2, 0.25) is 0 Å². The van der Waals surface area contributed by atoms with E-state index in [1.54, 1.807) is 42.1 Å². The van der Waals surface area contributed by atoms with E-state index in [4.69, 9.17) is 19.7 Å². The first-order valence-electron chi connectivity index (χ1n) is 13.5. The summed E-state index contributed by atoms with van der Waals surface area (Å²) in [6, 6.07) is 8.32. The van der Waals surface area contributed by atoms with Crippen LogP contribution in [0.15, 0.2) is 36.7 Å². The number of imidazole rings is 1. The number of unbranched alkanes of at least 4 members (excludes halogenated alkanes) is 3. The van der Waals surface area contributed by atoms with Crippen molar-refractivity contribution in [3.63, 3.8) is 0 Å². The molecule has 2 heterocycles. The molecule has 1 aromatic carbocycles. The summed E-state index contributed by atoms with van der Waals surface area (Å²) in [7, 11) is -3.63. The van der Waals surface area contributed by atoms with Crippen molar-refractivity contribution >= 4 is 36.4 Å². The van der Waals surface area contributed by atoms with Crippen LogP contribution in [-0.2, 0) is 25.4 Å².